The molecule has 0 aliphatic rings. The van der Waals surface area contributed by atoms with Crippen molar-refractivity contribution in [1.82, 2.24) is 0 Å². The zero-order valence-corrected chi connectivity index (χ0v) is 18.9. The lowest BCUT2D eigenvalue weighted by Crippen LogP contribution is -3.00. The third-order valence-corrected chi connectivity index (χ3v) is 4.51. The summed E-state index contributed by atoms with van der Waals surface area (Å²) >= 11 is 0. The molecule has 154 valence electrons. The summed E-state index contributed by atoms with van der Waals surface area (Å²) in [6.45, 7) is 3.74. The highest BCUT2D eigenvalue weighted by Gasteiger charge is 2.14. The maximum atomic E-state index is 11.9. The highest BCUT2D eigenvalue weighted by Crippen LogP contribution is 2.07. The molecule has 0 aliphatic carbocycles. The summed E-state index contributed by atoms with van der Waals surface area (Å²) in [5.41, 5.74) is 1.06. The predicted molar refractivity (Wildman–Crippen MR) is 106 cm³/mol. The number of nitrogens with zero attached hydrogens (tertiary/aromatic N) is 1. The Balaban J connectivity index is 0.00000392. The number of benzene rings is 1. The van der Waals surface area contributed by atoms with Crippen LogP contribution in [0.3, 0.4) is 0 Å². The average Bonchev–Trinajstić information content (AvgIpc) is 2.72. The van der Waals surface area contributed by atoms with Crippen LogP contribution in [0.4, 0.5) is 0 Å². The first-order valence-electron chi connectivity index (χ1n) is 10.0. The normalized spacial score (nSPS) is 11.5. The van der Waals surface area contributed by atoms with Crippen LogP contribution >= 0.6 is 0 Å². The number of aromatic nitrogens is 1. The summed E-state index contributed by atoms with van der Waals surface area (Å²) < 4.78 is 13.1. The topological polar surface area (TPSA) is 39.4 Å². The molecular formula is C23H32INO3. The molecule has 0 saturated carbocycles. The van der Waals surface area contributed by atoms with Gasteiger partial charge in [-0.05, 0) is 25.3 Å². The van der Waals surface area contributed by atoms with Crippen LogP contribution in [0, 0.1) is 0 Å². The Labute approximate surface area is 186 Å². The van der Waals surface area contributed by atoms with Crippen molar-refractivity contribution in [2.24, 2.45) is 0 Å². The van der Waals surface area contributed by atoms with Gasteiger partial charge in [0.2, 0.25) is 0 Å². The molecule has 1 heterocycles. The number of carbonyl (C=O) groups excluding carboxylic acids is 1. The van der Waals surface area contributed by atoms with Crippen LogP contribution in [0.1, 0.15) is 51.0 Å². The van der Waals surface area contributed by atoms with Gasteiger partial charge in [0.15, 0.2) is 18.5 Å². The van der Waals surface area contributed by atoms with Gasteiger partial charge in [-0.3, -0.25) is 0 Å². The highest BCUT2D eigenvalue weighted by molar-refractivity contribution is 5.74. The first kappa shape index (κ1) is 24.6. The van der Waals surface area contributed by atoms with Crippen molar-refractivity contribution in [2.75, 3.05) is 6.61 Å². The molecule has 0 spiro atoms. The molecular weight excluding hydrogens is 465 g/mol. The number of pyridine rings is 1. The number of rotatable bonds is 13. The molecule has 0 unspecified atom stereocenters. The first-order valence-corrected chi connectivity index (χ1v) is 10.0. The predicted octanol–water partition coefficient (Wildman–Crippen LogP) is 1.47. The minimum absolute atomic E-state index is 0. The minimum atomic E-state index is -0.527. The van der Waals surface area contributed by atoms with E-state index in [4.69, 9.17) is 9.47 Å². The number of hydrogen-bond acceptors (Lipinski definition) is 3. The summed E-state index contributed by atoms with van der Waals surface area (Å²) in [7, 11) is 0. The first-order chi connectivity index (χ1) is 13.3. The number of ether oxygens (including phenoxy) is 2. The van der Waals surface area contributed by atoms with Crippen molar-refractivity contribution in [3.05, 3.63) is 66.5 Å². The molecule has 0 aliphatic heterocycles. The van der Waals surface area contributed by atoms with Crippen LogP contribution < -0.4 is 28.5 Å². The van der Waals surface area contributed by atoms with Gasteiger partial charge in [0.25, 0.3) is 0 Å². The number of halogens is 1. The molecule has 4 nitrogen and oxygen atoms in total. The van der Waals surface area contributed by atoms with E-state index in [1.807, 2.05) is 36.4 Å². The van der Waals surface area contributed by atoms with Gasteiger partial charge in [0.05, 0.1) is 13.2 Å². The van der Waals surface area contributed by atoms with E-state index < -0.39 is 6.10 Å². The van der Waals surface area contributed by atoms with Crippen LogP contribution in [-0.4, -0.2) is 18.7 Å². The van der Waals surface area contributed by atoms with E-state index in [2.05, 4.69) is 29.1 Å². The number of carbonyl (C=O) groups is 1. The SMILES string of the molecule is C[C@H](OCc1ccccc1)C(=O)OCCCCCCCC[n+]1ccccc1.[I-]. The monoisotopic (exact) mass is 497 g/mol. The molecule has 0 fully saturated rings. The van der Waals surface area contributed by atoms with Gasteiger partial charge in [-0.2, -0.15) is 0 Å². The maximum Gasteiger partial charge on any atom is 0.334 e. The zero-order chi connectivity index (χ0) is 19.2. The third kappa shape index (κ3) is 10.8. The lowest BCUT2D eigenvalue weighted by molar-refractivity contribution is -0.697. The van der Waals surface area contributed by atoms with E-state index in [-0.39, 0.29) is 29.9 Å². The molecule has 1 aromatic carbocycles. The fourth-order valence-corrected chi connectivity index (χ4v) is 2.84. The zero-order valence-electron chi connectivity index (χ0n) is 16.8. The second kappa shape index (κ2) is 15.5. The van der Waals surface area contributed by atoms with E-state index in [9.17, 15) is 4.79 Å². The summed E-state index contributed by atoms with van der Waals surface area (Å²) in [6, 6.07) is 16.0. The van der Waals surface area contributed by atoms with Crippen molar-refractivity contribution < 1.29 is 42.8 Å². The van der Waals surface area contributed by atoms with Crippen molar-refractivity contribution in [2.45, 2.75) is 64.7 Å². The van der Waals surface area contributed by atoms with Crippen molar-refractivity contribution in [1.29, 1.82) is 0 Å². The largest absolute Gasteiger partial charge is 1.00 e. The Morgan fingerprint density at radius 3 is 2.21 bits per heavy atom. The van der Waals surface area contributed by atoms with E-state index in [1.165, 1.54) is 25.7 Å². The van der Waals surface area contributed by atoms with Gasteiger partial charge in [-0.1, -0.05) is 55.7 Å². The third-order valence-electron chi connectivity index (χ3n) is 4.51. The van der Waals surface area contributed by atoms with Crippen LogP contribution in [0.5, 0.6) is 0 Å². The van der Waals surface area contributed by atoms with Gasteiger partial charge >= 0.3 is 5.97 Å². The van der Waals surface area contributed by atoms with E-state index in [0.717, 1.165) is 24.9 Å². The highest BCUT2D eigenvalue weighted by atomic mass is 127. The van der Waals surface area contributed by atoms with E-state index >= 15 is 0 Å². The summed E-state index contributed by atoms with van der Waals surface area (Å²) in [6.07, 6.45) is 10.6. The Hall–Kier alpha value is -1.47. The number of aryl methyl sites for hydroxylation is 1. The van der Waals surface area contributed by atoms with E-state index in [1.54, 1.807) is 6.92 Å². The summed E-state index contributed by atoms with van der Waals surface area (Å²) in [5, 5.41) is 0. The smallest absolute Gasteiger partial charge is 0.334 e. The Kier molecular flexibility index (Phi) is 13.6. The summed E-state index contributed by atoms with van der Waals surface area (Å²) in [5.74, 6) is -0.272. The van der Waals surface area contributed by atoms with Crippen molar-refractivity contribution in [3.63, 3.8) is 0 Å². The van der Waals surface area contributed by atoms with Gasteiger partial charge in [0.1, 0.15) is 6.54 Å². The lowest BCUT2D eigenvalue weighted by Gasteiger charge is -2.12. The standard InChI is InChI=1S/C23H32NO3.HI/c1-21(27-20-22-14-8-6-9-15-22)23(25)26-19-13-5-3-2-4-10-16-24-17-11-7-12-18-24;/h6-9,11-12,14-15,17-18,21H,2-5,10,13,16,19-20H2,1H3;1H/q+1;/p-1/t21-;/m0./s1. The van der Waals surface area contributed by atoms with Crippen LogP contribution in [-0.2, 0) is 27.4 Å². The average molecular weight is 497 g/mol. The molecule has 0 bridgehead atoms. The Morgan fingerprint density at radius 1 is 0.893 bits per heavy atom. The number of hydrogen-bond donors (Lipinski definition) is 0. The van der Waals surface area contributed by atoms with E-state index in [0.29, 0.717) is 13.2 Å². The van der Waals surface area contributed by atoms with Gasteiger partial charge < -0.3 is 33.5 Å². The summed E-state index contributed by atoms with van der Waals surface area (Å²) in [4.78, 5) is 11.9. The molecule has 0 saturated heterocycles. The molecule has 2 rings (SSSR count). The van der Waals surface area contributed by atoms with Crippen LogP contribution in [0.25, 0.3) is 0 Å². The molecule has 0 N–H and O–H groups in total. The molecule has 5 heteroatoms. The van der Waals surface area contributed by atoms with Crippen molar-refractivity contribution >= 4 is 5.97 Å². The fourth-order valence-electron chi connectivity index (χ4n) is 2.84. The van der Waals surface area contributed by atoms with Crippen LogP contribution in [0.2, 0.25) is 0 Å². The van der Waals surface area contributed by atoms with Gasteiger partial charge in [-0.25, -0.2) is 9.36 Å². The van der Waals surface area contributed by atoms with Gasteiger partial charge in [-0.15, -0.1) is 0 Å². The molecule has 1 aromatic heterocycles. The van der Waals surface area contributed by atoms with Gasteiger partial charge in [0, 0.05) is 18.6 Å². The van der Waals surface area contributed by atoms with Crippen LogP contribution in [0.15, 0.2) is 60.9 Å². The quantitative estimate of drug-likeness (QED) is 0.182. The second-order valence-electron chi connectivity index (χ2n) is 6.84. The minimum Gasteiger partial charge on any atom is -1.00 e. The molecule has 2 aromatic rings. The molecule has 1 atom stereocenters. The van der Waals surface area contributed by atoms with Crippen molar-refractivity contribution in [3.8, 4) is 0 Å². The number of esters is 1. The fraction of sp³-hybridized carbons (Fsp3) is 0.478. The Bertz CT molecular complexity index is 637. The molecule has 28 heavy (non-hydrogen) atoms. The molecule has 0 radical (unpaired) electrons. The lowest BCUT2D eigenvalue weighted by atomic mass is 10.1. The molecule has 0 amide bonds. The Morgan fingerprint density at radius 2 is 1.50 bits per heavy atom. The number of unbranched alkanes of at least 4 members (excludes halogenated alkanes) is 5. The maximum absolute atomic E-state index is 11.9. The second-order valence-corrected chi connectivity index (χ2v) is 6.84.